The second-order valence-electron chi connectivity index (χ2n) is 4.57. The van der Waals surface area contributed by atoms with E-state index in [4.69, 9.17) is 10.00 Å². The van der Waals surface area contributed by atoms with Crippen molar-refractivity contribution in [3.8, 4) is 11.8 Å². The Balaban J connectivity index is 2.57. The first-order chi connectivity index (χ1) is 8.86. The molecule has 0 radical (unpaired) electrons. The van der Waals surface area contributed by atoms with E-state index in [1.165, 1.54) is 23.1 Å². The lowest BCUT2D eigenvalue weighted by Gasteiger charge is -2.37. The molecule has 7 nitrogen and oxygen atoms in total. The van der Waals surface area contributed by atoms with Gasteiger partial charge in [-0.05, 0) is 19.9 Å². The van der Waals surface area contributed by atoms with Gasteiger partial charge in [0.1, 0.15) is 12.3 Å². The van der Waals surface area contributed by atoms with Gasteiger partial charge >= 0.3 is 0 Å². The summed E-state index contributed by atoms with van der Waals surface area (Å²) in [5, 5.41) is 19.5. The third-order valence-electron chi connectivity index (χ3n) is 2.80. The van der Waals surface area contributed by atoms with Crippen molar-refractivity contribution in [3.63, 3.8) is 0 Å². The van der Waals surface area contributed by atoms with Crippen molar-refractivity contribution in [2.45, 2.75) is 19.4 Å². The van der Waals surface area contributed by atoms with E-state index in [-0.39, 0.29) is 17.9 Å². The topological polar surface area (TPSA) is 96.5 Å². The molecule has 0 N–H and O–H groups in total. The number of nitro groups is 1. The molecule has 7 heteroatoms. The normalized spacial score (nSPS) is 16.3. The number of non-ortho nitro benzene ring substituents is 1. The number of carbonyl (C=O) groups excluding carboxylic acids is 1. The standard InChI is InChI=1S/C12H11N3O4/c1-12(2)11(16)14(6-5-13)9-7-8(15(17)18)3-4-10(9)19-12/h3-4,7H,6H2,1-2H3. The van der Waals surface area contributed by atoms with E-state index in [1.54, 1.807) is 13.8 Å². The number of fused-ring (bicyclic) bond motifs is 1. The predicted octanol–water partition coefficient (Wildman–Crippen LogP) is 1.62. The van der Waals surface area contributed by atoms with Crippen LogP contribution in [0, 0.1) is 21.4 Å². The van der Waals surface area contributed by atoms with Crippen LogP contribution in [0.3, 0.4) is 0 Å². The van der Waals surface area contributed by atoms with Gasteiger partial charge in [0.2, 0.25) is 0 Å². The first-order valence-corrected chi connectivity index (χ1v) is 5.53. The van der Waals surface area contributed by atoms with Crippen LogP contribution in [0.2, 0.25) is 0 Å². The second-order valence-corrected chi connectivity index (χ2v) is 4.57. The number of nitrogens with zero attached hydrogens (tertiary/aromatic N) is 3. The lowest BCUT2D eigenvalue weighted by atomic mass is 10.0. The molecule has 19 heavy (non-hydrogen) atoms. The molecule has 0 saturated carbocycles. The number of carbonyl (C=O) groups is 1. The smallest absolute Gasteiger partial charge is 0.271 e. The van der Waals surface area contributed by atoms with Gasteiger partial charge in [-0.15, -0.1) is 0 Å². The van der Waals surface area contributed by atoms with Crippen LogP contribution in [0.4, 0.5) is 11.4 Å². The molecule has 1 aromatic carbocycles. The summed E-state index contributed by atoms with van der Waals surface area (Å²) in [6, 6.07) is 5.85. The lowest BCUT2D eigenvalue weighted by Crippen LogP contribution is -2.52. The zero-order valence-electron chi connectivity index (χ0n) is 10.4. The summed E-state index contributed by atoms with van der Waals surface area (Å²) in [5.41, 5.74) is -1.00. The molecule has 0 unspecified atom stereocenters. The van der Waals surface area contributed by atoms with Crippen molar-refractivity contribution in [2.24, 2.45) is 0 Å². The number of nitriles is 1. The number of hydrogen-bond acceptors (Lipinski definition) is 5. The highest BCUT2D eigenvalue weighted by Crippen LogP contribution is 2.39. The van der Waals surface area contributed by atoms with Crippen molar-refractivity contribution in [3.05, 3.63) is 28.3 Å². The molecule has 1 aliphatic heterocycles. The molecule has 0 fully saturated rings. The Kier molecular flexibility index (Phi) is 2.86. The summed E-state index contributed by atoms with van der Waals surface area (Å²) < 4.78 is 5.52. The van der Waals surface area contributed by atoms with Crippen LogP contribution < -0.4 is 9.64 Å². The number of ether oxygens (including phenoxy) is 1. The maximum Gasteiger partial charge on any atom is 0.271 e. The summed E-state index contributed by atoms with van der Waals surface area (Å²) in [4.78, 5) is 23.6. The molecule has 0 bridgehead atoms. The third-order valence-corrected chi connectivity index (χ3v) is 2.80. The largest absolute Gasteiger partial charge is 0.476 e. The molecule has 1 aromatic rings. The Morgan fingerprint density at radius 3 is 2.79 bits per heavy atom. The molecular formula is C12H11N3O4. The third kappa shape index (κ3) is 2.08. The minimum absolute atomic E-state index is 0.155. The summed E-state index contributed by atoms with van der Waals surface area (Å²) in [7, 11) is 0. The summed E-state index contributed by atoms with van der Waals surface area (Å²) in [6.07, 6.45) is 0. The van der Waals surface area contributed by atoms with Gasteiger partial charge in [0.25, 0.3) is 11.6 Å². The SMILES string of the molecule is CC1(C)Oc2ccc([N+](=O)[O-])cc2N(CC#N)C1=O. The number of amides is 1. The first kappa shape index (κ1) is 12.8. The van der Waals surface area contributed by atoms with Crippen LogP contribution in [0.15, 0.2) is 18.2 Å². The molecule has 0 aliphatic carbocycles. The fourth-order valence-corrected chi connectivity index (χ4v) is 1.90. The molecule has 0 saturated heterocycles. The summed E-state index contributed by atoms with van der Waals surface area (Å²) in [5.74, 6) is -0.0486. The lowest BCUT2D eigenvalue weighted by molar-refractivity contribution is -0.384. The average Bonchev–Trinajstić information content (AvgIpc) is 2.34. The summed E-state index contributed by atoms with van der Waals surface area (Å²) in [6.45, 7) is 2.99. The molecule has 0 atom stereocenters. The van der Waals surface area contributed by atoms with Crippen molar-refractivity contribution in [2.75, 3.05) is 11.4 Å². The molecule has 2 rings (SSSR count). The number of benzene rings is 1. The fraction of sp³-hybridized carbons (Fsp3) is 0.333. The van der Waals surface area contributed by atoms with E-state index in [9.17, 15) is 14.9 Å². The van der Waals surface area contributed by atoms with Crippen molar-refractivity contribution in [1.82, 2.24) is 0 Å². The number of nitro benzene ring substituents is 1. The number of rotatable bonds is 2. The van der Waals surface area contributed by atoms with Gasteiger partial charge in [-0.2, -0.15) is 5.26 Å². The zero-order chi connectivity index (χ0) is 14.2. The zero-order valence-corrected chi connectivity index (χ0v) is 10.4. The molecule has 1 heterocycles. The maximum atomic E-state index is 12.2. The monoisotopic (exact) mass is 261 g/mol. The molecular weight excluding hydrogens is 250 g/mol. The molecule has 1 aliphatic rings. The Morgan fingerprint density at radius 2 is 2.21 bits per heavy atom. The van der Waals surface area contributed by atoms with Crippen LogP contribution in [0.25, 0.3) is 0 Å². The Hall–Kier alpha value is -2.62. The van der Waals surface area contributed by atoms with Crippen LogP contribution in [-0.2, 0) is 4.79 Å². The van der Waals surface area contributed by atoms with Crippen molar-refractivity contribution >= 4 is 17.3 Å². The highest BCUT2D eigenvalue weighted by molar-refractivity contribution is 6.02. The Bertz CT molecular complexity index is 603. The molecule has 0 spiro atoms. The van der Waals surface area contributed by atoms with E-state index in [0.717, 1.165) is 0 Å². The van der Waals surface area contributed by atoms with Crippen molar-refractivity contribution < 1.29 is 14.5 Å². The molecule has 1 amide bonds. The van der Waals surface area contributed by atoms with Crippen LogP contribution in [-0.4, -0.2) is 23.0 Å². The highest BCUT2D eigenvalue weighted by Gasteiger charge is 2.41. The molecule has 98 valence electrons. The fourth-order valence-electron chi connectivity index (χ4n) is 1.90. The van der Waals surface area contributed by atoms with Gasteiger partial charge in [0.15, 0.2) is 5.60 Å². The first-order valence-electron chi connectivity index (χ1n) is 5.53. The van der Waals surface area contributed by atoms with Gasteiger partial charge < -0.3 is 4.74 Å². The van der Waals surface area contributed by atoms with Gasteiger partial charge in [-0.3, -0.25) is 19.8 Å². The van der Waals surface area contributed by atoms with Crippen molar-refractivity contribution in [1.29, 1.82) is 5.26 Å². The van der Waals surface area contributed by atoms with Crippen LogP contribution in [0.1, 0.15) is 13.8 Å². The van der Waals surface area contributed by atoms with E-state index >= 15 is 0 Å². The number of anilines is 1. The van der Waals surface area contributed by atoms with Gasteiger partial charge in [-0.1, -0.05) is 0 Å². The van der Waals surface area contributed by atoms with E-state index in [1.807, 2.05) is 6.07 Å². The second kappa shape index (κ2) is 4.24. The van der Waals surface area contributed by atoms with Crippen LogP contribution >= 0.6 is 0 Å². The Labute approximate surface area is 109 Å². The minimum Gasteiger partial charge on any atom is -0.476 e. The quantitative estimate of drug-likeness (QED) is 0.458. The highest BCUT2D eigenvalue weighted by atomic mass is 16.6. The van der Waals surface area contributed by atoms with Crippen LogP contribution in [0.5, 0.6) is 5.75 Å². The maximum absolute atomic E-state index is 12.2. The number of hydrogen-bond donors (Lipinski definition) is 0. The van der Waals surface area contributed by atoms with E-state index in [0.29, 0.717) is 5.75 Å². The van der Waals surface area contributed by atoms with E-state index < -0.39 is 16.4 Å². The predicted molar refractivity (Wildman–Crippen MR) is 65.8 cm³/mol. The average molecular weight is 261 g/mol. The van der Waals surface area contributed by atoms with Gasteiger partial charge in [-0.25, -0.2) is 0 Å². The molecule has 0 aromatic heterocycles. The minimum atomic E-state index is -1.10. The van der Waals surface area contributed by atoms with Gasteiger partial charge in [0, 0.05) is 12.1 Å². The van der Waals surface area contributed by atoms with E-state index in [2.05, 4.69) is 0 Å². The summed E-state index contributed by atoms with van der Waals surface area (Å²) >= 11 is 0. The van der Waals surface area contributed by atoms with Gasteiger partial charge in [0.05, 0.1) is 16.7 Å². The Morgan fingerprint density at radius 1 is 1.53 bits per heavy atom.